The van der Waals surface area contributed by atoms with Crippen molar-refractivity contribution in [2.45, 2.75) is 39.7 Å². The van der Waals surface area contributed by atoms with E-state index in [2.05, 4.69) is 11.2 Å². The van der Waals surface area contributed by atoms with Gasteiger partial charge >= 0.3 is 0 Å². The zero-order valence-electron chi connectivity index (χ0n) is 17.3. The largest absolute Gasteiger partial charge is 0.336 e. The van der Waals surface area contributed by atoms with Crippen LogP contribution in [0, 0.1) is 19.7 Å². The van der Waals surface area contributed by atoms with Crippen LogP contribution >= 0.6 is 0 Å². The summed E-state index contributed by atoms with van der Waals surface area (Å²) in [5.74, 6) is -0.690. The second kappa shape index (κ2) is 8.55. The molecule has 29 heavy (non-hydrogen) atoms. The van der Waals surface area contributed by atoms with Crippen molar-refractivity contribution in [3.05, 3.63) is 70.5 Å². The molecule has 6 heteroatoms. The SMILES string of the molecule is CCC(=O)N(C)CC(=O)N1N=C(c2ccc(C)c(C)c2)C[C@@H]1c1ccc(F)cc1. The van der Waals surface area contributed by atoms with Crippen LogP contribution in [-0.2, 0) is 9.59 Å². The van der Waals surface area contributed by atoms with E-state index < -0.39 is 0 Å². The quantitative estimate of drug-likeness (QED) is 0.769. The number of aryl methyl sites for hydroxylation is 2. The lowest BCUT2D eigenvalue weighted by Crippen LogP contribution is -2.39. The molecule has 0 N–H and O–H groups in total. The molecule has 0 fully saturated rings. The lowest BCUT2D eigenvalue weighted by Gasteiger charge is -2.24. The minimum Gasteiger partial charge on any atom is -0.336 e. The fourth-order valence-electron chi connectivity index (χ4n) is 3.41. The number of hydrogen-bond acceptors (Lipinski definition) is 3. The predicted molar refractivity (Wildman–Crippen MR) is 111 cm³/mol. The number of halogens is 1. The van der Waals surface area contributed by atoms with E-state index in [1.807, 2.05) is 26.0 Å². The Kier molecular flexibility index (Phi) is 6.11. The maximum atomic E-state index is 13.4. The van der Waals surface area contributed by atoms with Crippen molar-refractivity contribution in [3.63, 3.8) is 0 Å². The maximum Gasteiger partial charge on any atom is 0.262 e. The van der Waals surface area contributed by atoms with Gasteiger partial charge in [-0.1, -0.05) is 31.2 Å². The highest BCUT2D eigenvalue weighted by Gasteiger charge is 2.33. The van der Waals surface area contributed by atoms with Crippen LogP contribution in [0.3, 0.4) is 0 Å². The van der Waals surface area contributed by atoms with Crippen LogP contribution in [0.15, 0.2) is 47.6 Å². The molecule has 0 aromatic heterocycles. The van der Waals surface area contributed by atoms with E-state index in [4.69, 9.17) is 0 Å². The van der Waals surface area contributed by atoms with Crippen molar-refractivity contribution < 1.29 is 14.0 Å². The fourth-order valence-corrected chi connectivity index (χ4v) is 3.41. The Morgan fingerprint density at radius 1 is 1.14 bits per heavy atom. The fraction of sp³-hybridized carbons (Fsp3) is 0.348. The minimum atomic E-state index is -0.329. The van der Waals surface area contributed by atoms with Gasteiger partial charge in [-0.25, -0.2) is 9.40 Å². The maximum absolute atomic E-state index is 13.4. The van der Waals surface area contributed by atoms with Crippen molar-refractivity contribution in [1.29, 1.82) is 0 Å². The first-order valence-corrected chi connectivity index (χ1v) is 9.76. The Bertz CT molecular complexity index is 953. The molecule has 1 heterocycles. The molecule has 2 aromatic rings. The zero-order chi connectivity index (χ0) is 21.1. The number of benzene rings is 2. The van der Waals surface area contributed by atoms with Gasteiger partial charge in [0.2, 0.25) is 5.91 Å². The van der Waals surface area contributed by atoms with Gasteiger partial charge in [0.25, 0.3) is 5.91 Å². The molecule has 152 valence electrons. The highest BCUT2D eigenvalue weighted by molar-refractivity contribution is 6.03. The van der Waals surface area contributed by atoms with Gasteiger partial charge in [0, 0.05) is 19.9 Å². The monoisotopic (exact) mass is 395 g/mol. The van der Waals surface area contributed by atoms with E-state index >= 15 is 0 Å². The van der Waals surface area contributed by atoms with Gasteiger partial charge in [-0.3, -0.25) is 9.59 Å². The Morgan fingerprint density at radius 3 is 2.45 bits per heavy atom. The second-order valence-electron chi connectivity index (χ2n) is 7.46. The van der Waals surface area contributed by atoms with E-state index in [0.29, 0.717) is 12.8 Å². The molecule has 0 saturated carbocycles. The van der Waals surface area contributed by atoms with Crippen molar-refractivity contribution in [1.82, 2.24) is 9.91 Å². The van der Waals surface area contributed by atoms with Crippen LogP contribution in [0.2, 0.25) is 0 Å². The standard InChI is InChI=1S/C23H26FN3O2/c1-5-22(28)26(4)14-23(29)27-21(17-8-10-19(24)11-9-17)13-20(25-27)18-7-6-15(2)16(3)12-18/h6-12,21H,5,13-14H2,1-4H3/t21-/m1/s1. The summed E-state index contributed by atoms with van der Waals surface area (Å²) in [5, 5.41) is 6.06. The first-order chi connectivity index (χ1) is 13.8. The third kappa shape index (κ3) is 4.53. The van der Waals surface area contributed by atoms with Gasteiger partial charge in [-0.05, 0) is 54.3 Å². The van der Waals surface area contributed by atoms with Crippen LogP contribution in [0.1, 0.15) is 48.1 Å². The lowest BCUT2D eigenvalue weighted by molar-refractivity contribution is -0.140. The molecule has 0 unspecified atom stereocenters. The number of carbonyl (C=O) groups is 2. The molecule has 0 aliphatic carbocycles. The van der Waals surface area contributed by atoms with Gasteiger partial charge in [0.1, 0.15) is 12.4 Å². The van der Waals surface area contributed by atoms with E-state index in [-0.39, 0.29) is 30.2 Å². The molecule has 1 aliphatic rings. The van der Waals surface area contributed by atoms with Crippen molar-refractivity contribution >= 4 is 17.5 Å². The molecule has 2 aromatic carbocycles. The van der Waals surface area contributed by atoms with Crippen LogP contribution in [-0.4, -0.2) is 41.0 Å². The molecule has 3 rings (SSSR count). The number of hydrazone groups is 1. The number of hydrogen-bond donors (Lipinski definition) is 0. The summed E-state index contributed by atoms with van der Waals surface area (Å²) in [6, 6.07) is 11.9. The van der Waals surface area contributed by atoms with Gasteiger partial charge in [-0.15, -0.1) is 0 Å². The minimum absolute atomic E-state index is 0.0475. The molecule has 2 amide bonds. The third-order valence-corrected chi connectivity index (χ3v) is 5.36. The summed E-state index contributed by atoms with van der Waals surface area (Å²) in [7, 11) is 1.61. The second-order valence-corrected chi connectivity index (χ2v) is 7.46. The molecule has 1 aliphatic heterocycles. The van der Waals surface area contributed by atoms with E-state index in [1.165, 1.54) is 27.6 Å². The van der Waals surface area contributed by atoms with Crippen molar-refractivity contribution in [3.8, 4) is 0 Å². The molecule has 0 saturated heterocycles. The normalized spacial score (nSPS) is 16.0. The smallest absolute Gasteiger partial charge is 0.262 e. The molecular formula is C23H26FN3O2. The van der Waals surface area contributed by atoms with Crippen LogP contribution in [0.4, 0.5) is 4.39 Å². The Labute approximate surface area is 170 Å². The highest BCUT2D eigenvalue weighted by atomic mass is 19.1. The van der Waals surface area contributed by atoms with Crippen LogP contribution in [0.5, 0.6) is 0 Å². The molecule has 5 nitrogen and oxygen atoms in total. The average molecular weight is 395 g/mol. The van der Waals surface area contributed by atoms with Crippen molar-refractivity contribution in [2.24, 2.45) is 5.10 Å². The summed E-state index contributed by atoms with van der Waals surface area (Å²) in [6.45, 7) is 5.80. The lowest BCUT2D eigenvalue weighted by atomic mass is 9.96. The summed E-state index contributed by atoms with van der Waals surface area (Å²) in [4.78, 5) is 26.3. The van der Waals surface area contributed by atoms with Crippen LogP contribution in [0.25, 0.3) is 0 Å². The third-order valence-electron chi connectivity index (χ3n) is 5.36. The zero-order valence-corrected chi connectivity index (χ0v) is 17.3. The summed E-state index contributed by atoms with van der Waals surface area (Å²) in [5.41, 5.74) is 4.93. The number of carbonyl (C=O) groups excluding carboxylic acids is 2. The number of likely N-dealkylation sites (N-methyl/N-ethyl adjacent to an activating group) is 1. The van der Waals surface area contributed by atoms with Gasteiger partial charge in [0.05, 0.1) is 11.8 Å². The van der Waals surface area contributed by atoms with Gasteiger partial charge in [0.15, 0.2) is 0 Å². The molecule has 0 spiro atoms. The Balaban J connectivity index is 1.92. The molecule has 1 atom stereocenters. The predicted octanol–water partition coefficient (Wildman–Crippen LogP) is 3.99. The average Bonchev–Trinajstić information content (AvgIpc) is 3.15. The topological polar surface area (TPSA) is 53.0 Å². The molecular weight excluding hydrogens is 369 g/mol. The van der Waals surface area contributed by atoms with E-state index in [9.17, 15) is 14.0 Å². The number of amides is 2. The molecule has 0 radical (unpaired) electrons. The van der Waals surface area contributed by atoms with Gasteiger partial charge in [-0.2, -0.15) is 5.10 Å². The highest BCUT2D eigenvalue weighted by Crippen LogP contribution is 2.33. The van der Waals surface area contributed by atoms with Crippen molar-refractivity contribution in [2.75, 3.05) is 13.6 Å². The number of rotatable bonds is 5. The summed E-state index contributed by atoms with van der Waals surface area (Å²) in [6.07, 6.45) is 0.869. The first kappa shape index (κ1) is 20.7. The van der Waals surface area contributed by atoms with Crippen LogP contribution < -0.4 is 0 Å². The first-order valence-electron chi connectivity index (χ1n) is 9.76. The van der Waals surface area contributed by atoms with Gasteiger partial charge < -0.3 is 4.90 Å². The van der Waals surface area contributed by atoms with E-state index in [0.717, 1.165) is 22.4 Å². The Morgan fingerprint density at radius 2 is 1.83 bits per heavy atom. The summed E-state index contributed by atoms with van der Waals surface area (Å²) < 4.78 is 13.4. The van der Waals surface area contributed by atoms with E-state index in [1.54, 1.807) is 26.1 Å². The number of nitrogens with zero attached hydrogens (tertiary/aromatic N) is 3. The summed E-state index contributed by atoms with van der Waals surface area (Å²) >= 11 is 0. The molecule has 0 bridgehead atoms. The Hall–Kier alpha value is -3.02.